The Kier molecular flexibility index (Phi) is 5.07. The summed E-state index contributed by atoms with van der Waals surface area (Å²) >= 11 is 0. The topological polar surface area (TPSA) is 102 Å². The van der Waals surface area contributed by atoms with E-state index < -0.39 is 10.0 Å². The Hall–Kier alpha value is -3.04. The molecule has 0 amide bonds. The number of sulfonamides is 1. The number of hydrogen-bond donors (Lipinski definition) is 0. The van der Waals surface area contributed by atoms with E-state index in [0.29, 0.717) is 30.3 Å². The molecule has 0 N–H and O–H groups in total. The molecule has 0 unspecified atom stereocenters. The SMILES string of the molecule is Cc1c(-c2nc(-c3ccncc3)no2)oc2ccc(S(=O)(=O)N3CCCCCC3)cc12. The van der Waals surface area contributed by atoms with Crippen molar-refractivity contribution in [2.75, 3.05) is 13.1 Å². The summed E-state index contributed by atoms with van der Waals surface area (Å²) in [6.45, 7) is 2.99. The van der Waals surface area contributed by atoms with Crippen LogP contribution in [0.1, 0.15) is 31.2 Å². The van der Waals surface area contributed by atoms with Gasteiger partial charge >= 0.3 is 0 Å². The molecule has 3 aromatic heterocycles. The van der Waals surface area contributed by atoms with Crippen LogP contribution in [0.3, 0.4) is 0 Å². The second kappa shape index (κ2) is 7.90. The molecular weight excluding hydrogens is 416 g/mol. The number of hydrogen-bond acceptors (Lipinski definition) is 7. The molecule has 1 aromatic carbocycles. The molecule has 1 saturated heterocycles. The predicted molar refractivity (Wildman–Crippen MR) is 115 cm³/mol. The third-order valence-electron chi connectivity index (χ3n) is 5.67. The number of pyridine rings is 1. The zero-order chi connectivity index (χ0) is 21.4. The fourth-order valence-corrected chi connectivity index (χ4v) is 5.47. The molecule has 4 heterocycles. The Morgan fingerprint density at radius 2 is 1.74 bits per heavy atom. The van der Waals surface area contributed by atoms with E-state index in [1.807, 2.05) is 6.92 Å². The normalized spacial score (nSPS) is 15.9. The molecule has 0 spiro atoms. The number of rotatable bonds is 4. The molecule has 31 heavy (non-hydrogen) atoms. The van der Waals surface area contributed by atoms with Crippen LogP contribution in [0.15, 0.2) is 56.6 Å². The summed E-state index contributed by atoms with van der Waals surface area (Å²) in [5.41, 5.74) is 2.11. The lowest BCUT2D eigenvalue weighted by atomic mass is 10.1. The number of benzene rings is 1. The smallest absolute Gasteiger partial charge is 0.294 e. The van der Waals surface area contributed by atoms with Gasteiger partial charge in [-0.15, -0.1) is 0 Å². The summed E-state index contributed by atoms with van der Waals surface area (Å²) in [6.07, 6.45) is 7.25. The van der Waals surface area contributed by atoms with Gasteiger partial charge in [-0.2, -0.15) is 9.29 Å². The van der Waals surface area contributed by atoms with Crippen molar-refractivity contribution in [2.45, 2.75) is 37.5 Å². The van der Waals surface area contributed by atoms with Crippen LogP contribution >= 0.6 is 0 Å². The average molecular weight is 439 g/mol. The van der Waals surface area contributed by atoms with Gasteiger partial charge in [0.1, 0.15) is 5.58 Å². The molecule has 1 aliphatic heterocycles. The van der Waals surface area contributed by atoms with Crippen molar-refractivity contribution in [2.24, 2.45) is 0 Å². The Labute approximate surface area is 179 Å². The lowest BCUT2D eigenvalue weighted by Crippen LogP contribution is -2.31. The van der Waals surface area contributed by atoms with Crippen molar-refractivity contribution in [3.8, 4) is 23.0 Å². The van der Waals surface area contributed by atoms with Crippen LogP contribution in [0.5, 0.6) is 0 Å². The van der Waals surface area contributed by atoms with Crippen molar-refractivity contribution in [1.29, 1.82) is 0 Å². The second-order valence-corrected chi connectivity index (χ2v) is 9.63. The lowest BCUT2D eigenvalue weighted by molar-refractivity contribution is 0.419. The first-order valence-corrected chi connectivity index (χ1v) is 11.8. The number of nitrogens with zero attached hydrogens (tertiary/aromatic N) is 4. The van der Waals surface area contributed by atoms with E-state index in [9.17, 15) is 8.42 Å². The number of fused-ring (bicyclic) bond motifs is 1. The summed E-state index contributed by atoms with van der Waals surface area (Å²) < 4.78 is 39.3. The third kappa shape index (κ3) is 3.64. The molecule has 0 saturated carbocycles. The quantitative estimate of drug-likeness (QED) is 0.465. The first-order chi connectivity index (χ1) is 15.0. The van der Waals surface area contributed by atoms with Crippen LogP contribution in [0, 0.1) is 6.92 Å². The van der Waals surface area contributed by atoms with Gasteiger partial charge in [-0.25, -0.2) is 8.42 Å². The van der Waals surface area contributed by atoms with Crippen LogP contribution < -0.4 is 0 Å². The molecule has 8 nitrogen and oxygen atoms in total. The fraction of sp³-hybridized carbons (Fsp3) is 0.318. The highest BCUT2D eigenvalue weighted by molar-refractivity contribution is 7.89. The van der Waals surface area contributed by atoms with Crippen molar-refractivity contribution in [1.82, 2.24) is 19.4 Å². The maximum atomic E-state index is 13.2. The Morgan fingerprint density at radius 1 is 1.00 bits per heavy atom. The minimum atomic E-state index is -3.55. The molecule has 0 aliphatic carbocycles. The molecule has 1 aliphatic rings. The number of aromatic nitrogens is 3. The minimum absolute atomic E-state index is 0.248. The Bertz CT molecular complexity index is 1320. The molecule has 0 bridgehead atoms. The highest BCUT2D eigenvalue weighted by Crippen LogP contribution is 2.35. The van der Waals surface area contributed by atoms with E-state index in [-0.39, 0.29) is 10.8 Å². The molecule has 0 atom stereocenters. The number of aryl methyl sites for hydroxylation is 1. The first kappa shape index (κ1) is 19.9. The van der Waals surface area contributed by atoms with E-state index in [1.54, 1.807) is 47.0 Å². The van der Waals surface area contributed by atoms with Crippen molar-refractivity contribution < 1.29 is 17.4 Å². The largest absolute Gasteiger partial charge is 0.451 e. The highest BCUT2D eigenvalue weighted by atomic mass is 32.2. The zero-order valence-corrected chi connectivity index (χ0v) is 17.9. The summed E-state index contributed by atoms with van der Waals surface area (Å²) in [7, 11) is -3.55. The van der Waals surface area contributed by atoms with Crippen molar-refractivity contribution >= 4 is 21.0 Å². The zero-order valence-electron chi connectivity index (χ0n) is 17.1. The van der Waals surface area contributed by atoms with Crippen LogP contribution in [0.2, 0.25) is 0 Å². The van der Waals surface area contributed by atoms with Gasteiger partial charge in [0.05, 0.1) is 4.90 Å². The Morgan fingerprint density at radius 3 is 2.48 bits per heavy atom. The summed E-state index contributed by atoms with van der Waals surface area (Å²) in [5.74, 6) is 1.12. The lowest BCUT2D eigenvalue weighted by Gasteiger charge is -2.19. The van der Waals surface area contributed by atoms with Gasteiger partial charge in [-0.3, -0.25) is 4.98 Å². The second-order valence-electron chi connectivity index (χ2n) is 7.69. The van der Waals surface area contributed by atoms with Gasteiger partial charge < -0.3 is 8.94 Å². The van der Waals surface area contributed by atoms with Crippen LogP contribution in [0.4, 0.5) is 0 Å². The average Bonchev–Trinajstić information content (AvgIpc) is 3.28. The van der Waals surface area contributed by atoms with Crippen LogP contribution in [-0.4, -0.2) is 40.9 Å². The number of furan rings is 1. The van der Waals surface area contributed by atoms with Gasteiger partial charge in [-0.05, 0) is 50.1 Å². The van der Waals surface area contributed by atoms with Gasteiger partial charge in [0, 0.05) is 42.0 Å². The molecule has 9 heteroatoms. The maximum absolute atomic E-state index is 13.2. The Balaban J connectivity index is 1.52. The molecule has 160 valence electrons. The summed E-state index contributed by atoms with van der Waals surface area (Å²) in [6, 6.07) is 8.56. The predicted octanol–water partition coefficient (Wildman–Crippen LogP) is 4.42. The van der Waals surface area contributed by atoms with Crippen LogP contribution in [-0.2, 0) is 10.0 Å². The van der Waals surface area contributed by atoms with E-state index in [4.69, 9.17) is 8.94 Å². The van der Waals surface area contributed by atoms with Crippen LogP contribution in [0.25, 0.3) is 34.0 Å². The molecule has 0 radical (unpaired) electrons. The van der Waals surface area contributed by atoms with Crippen molar-refractivity contribution in [3.63, 3.8) is 0 Å². The van der Waals surface area contributed by atoms with Crippen molar-refractivity contribution in [3.05, 3.63) is 48.3 Å². The molecular formula is C22H22N4O4S. The maximum Gasteiger partial charge on any atom is 0.294 e. The first-order valence-electron chi connectivity index (χ1n) is 10.3. The van der Waals surface area contributed by atoms with E-state index in [1.165, 1.54) is 0 Å². The van der Waals surface area contributed by atoms with Gasteiger partial charge in [-0.1, -0.05) is 18.0 Å². The molecule has 4 aromatic rings. The summed E-state index contributed by atoms with van der Waals surface area (Å²) in [4.78, 5) is 8.70. The standard InChI is InChI=1S/C22H22N4O4S/c1-15-18-14-17(31(27,28)26-12-4-2-3-5-13-26)6-7-19(18)29-20(15)22-24-21(25-30-22)16-8-10-23-11-9-16/h6-11,14H,2-5,12-13H2,1H3. The van der Waals surface area contributed by atoms with Gasteiger partial charge in [0.2, 0.25) is 15.8 Å². The molecule has 1 fully saturated rings. The van der Waals surface area contributed by atoms with Gasteiger partial charge in [0.15, 0.2) is 5.76 Å². The van der Waals surface area contributed by atoms with E-state index in [0.717, 1.165) is 42.2 Å². The third-order valence-corrected chi connectivity index (χ3v) is 7.56. The van der Waals surface area contributed by atoms with Gasteiger partial charge in [0.25, 0.3) is 5.89 Å². The van der Waals surface area contributed by atoms with E-state index >= 15 is 0 Å². The fourth-order valence-electron chi connectivity index (χ4n) is 3.93. The molecule has 5 rings (SSSR count). The summed E-state index contributed by atoms with van der Waals surface area (Å²) in [5, 5.41) is 4.74. The van der Waals surface area contributed by atoms with E-state index in [2.05, 4.69) is 15.1 Å². The minimum Gasteiger partial charge on any atom is -0.451 e. The highest BCUT2D eigenvalue weighted by Gasteiger charge is 2.27. The monoisotopic (exact) mass is 438 g/mol.